The van der Waals surface area contributed by atoms with E-state index in [9.17, 15) is 13.2 Å². The van der Waals surface area contributed by atoms with Crippen LogP contribution < -0.4 is 5.32 Å². The van der Waals surface area contributed by atoms with Crippen LogP contribution in [-0.2, 0) is 20.3 Å². The Balaban J connectivity index is 2.55. The third-order valence-electron chi connectivity index (χ3n) is 1.55. The summed E-state index contributed by atoms with van der Waals surface area (Å²) in [4.78, 5) is 15.6. The van der Waals surface area contributed by atoms with Gasteiger partial charge in [0.05, 0.1) is 6.54 Å². The van der Waals surface area contributed by atoms with Crippen molar-refractivity contribution in [2.75, 3.05) is 0 Å². The molecule has 1 heterocycles. The minimum Gasteiger partial charge on any atom is -0.444 e. The number of thiazole rings is 1. The van der Waals surface area contributed by atoms with Crippen molar-refractivity contribution in [2.45, 2.75) is 37.3 Å². The lowest BCUT2D eigenvalue weighted by atomic mass is 10.2. The first-order valence-electron chi connectivity index (χ1n) is 4.94. The van der Waals surface area contributed by atoms with Crippen molar-refractivity contribution in [3.8, 4) is 0 Å². The van der Waals surface area contributed by atoms with E-state index in [-0.39, 0.29) is 10.9 Å². The van der Waals surface area contributed by atoms with Crippen molar-refractivity contribution in [2.24, 2.45) is 0 Å². The highest BCUT2D eigenvalue weighted by atomic mass is 35.7. The molecule has 102 valence electrons. The van der Waals surface area contributed by atoms with Gasteiger partial charge in [0.15, 0.2) is 0 Å². The van der Waals surface area contributed by atoms with Gasteiger partial charge in [-0.2, -0.15) is 0 Å². The fraction of sp³-hybridized carbons (Fsp3) is 0.556. The Morgan fingerprint density at radius 1 is 1.56 bits per heavy atom. The average Bonchev–Trinajstić information content (AvgIpc) is 2.59. The van der Waals surface area contributed by atoms with Crippen molar-refractivity contribution in [1.82, 2.24) is 10.3 Å². The van der Waals surface area contributed by atoms with Crippen LogP contribution in [0.25, 0.3) is 0 Å². The molecule has 0 saturated heterocycles. The Hall–Kier alpha value is -0.860. The van der Waals surface area contributed by atoms with E-state index in [1.54, 1.807) is 20.8 Å². The molecule has 1 aromatic heterocycles. The zero-order valence-corrected chi connectivity index (χ0v) is 12.4. The van der Waals surface area contributed by atoms with E-state index in [4.69, 9.17) is 15.4 Å². The number of hydrogen-bond acceptors (Lipinski definition) is 6. The summed E-state index contributed by atoms with van der Waals surface area (Å²) in [6.45, 7) is 5.38. The van der Waals surface area contributed by atoms with Crippen LogP contribution in [0.15, 0.2) is 10.5 Å². The second-order valence-electron chi connectivity index (χ2n) is 4.39. The van der Waals surface area contributed by atoms with Gasteiger partial charge in [-0.15, -0.1) is 11.3 Å². The van der Waals surface area contributed by atoms with Crippen LogP contribution in [-0.4, -0.2) is 25.1 Å². The van der Waals surface area contributed by atoms with Gasteiger partial charge in [-0.25, -0.2) is 18.2 Å². The molecule has 0 fully saturated rings. The minimum absolute atomic E-state index is 0.138. The molecule has 6 nitrogen and oxygen atoms in total. The van der Waals surface area contributed by atoms with Crippen molar-refractivity contribution in [3.05, 3.63) is 11.1 Å². The van der Waals surface area contributed by atoms with Gasteiger partial charge in [0.1, 0.15) is 5.60 Å². The summed E-state index contributed by atoms with van der Waals surface area (Å²) in [7, 11) is 1.32. The van der Waals surface area contributed by atoms with E-state index in [0.717, 1.165) is 11.3 Å². The number of nitrogens with one attached hydrogen (secondary N) is 1. The van der Waals surface area contributed by atoms with Crippen molar-refractivity contribution >= 4 is 37.2 Å². The number of amides is 1. The number of hydrogen-bond donors (Lipinski definition) is 1. The average molecular weight is 313 g/mol. The smallest absolute Gasteiger partial charge is 0.407 e. The van der Waals surface area contributed by atoms with Gasteiger partial charge in [0.25, 0.3) is 9.05 Å². The summed E-state index contributed by atoms with van der Waals surface area (Å²) in [6.07, 6.45) is 0.767. The summed E-state index contributed by atoms with van der Waals surface area (Å²) >= 11 is 0.898. The molecular formula is C9H13ClN2O4S2. The van der Waals surface area contributed by atoms with Crippen molar-refractivity contribution < 1.29 is 17.9 Å². The maximum atomic E-state index is 11.3. The van der Waals surface area contributed by atoms with Crippen LogP contribution in [0, 0.1) is 0 Å². The molecule has 0 aromatic carbocycles. The molecule has 1 amide bonds. The van der Waals surface area contributed by atoms with Crippen LogP contribution in [0.4, 0.5) is 4.79 Å². The molecule has 0 spiro atoms. The van der Waals surface area contributed by atoms with Crippen LogP contribution in [0.1, 0.15) is 25.6 Å². The predicted molar refractivity (Wildman–Crippen MR) is 68.2 cm³/mol. The first kappa shape index (κ1) is 15.2. The normalized spacial score (nSPS) is 12.2. The third-order valence-corrected chi connectivity index (χ3v) is 4.48. The van der Waals surface area contributed by atoms with Crippen molar-refractivity contribution in [3.63, 3.8) is 0 Å². The summed E-state index contributed by atoms with van der Waals surface area (Å²) < 4.78 is 26.8. The number of aromatic nitrogens is 1. The Morgan fingerprint density at radius 2 is 2.17 bits per heavy atom. The molecular weight excluding hydrogens is 300 g/mol. The van der Waals surface area contributed by atoms with Gasteiger partial charge in [-0.3, -0.25) is 0 Å². The highest BCUT2D eigenvalue weighted by molar-refractivity contribution is 8.14. The Kier molecular flexibility index (Phi) is 4.57. The summed E-state index contributed by atoms with van der Waals surface area (Å²) in [5.74, 6) is 0. The summed E-state index contributed by atoms with van der Waals surface area (Å²) in [6, 6.07) is 0. The molecule has 18 heavy (non-hydrogen) atoms. The van der Waals surface area contributed by atoms with E-state index in [1.807, 2.05) is 0 Å². The molecule has 0 aliphatic carbocycles. The molecule has 0 unspecified atom stereocenters. The molecule has 1 N–H and O–H groups in total. The first-order valence-corrected chi connectivity index (χ1v) is 8.07. The Bertz CT molecular complexity index is 533. The number of carbonyl (C=O) groups excluding carboxylic acids is 1. The summed E-state index contributed by atoms with van der Waals surface area (Å²) in [5, 5.41) is 2.49. The maximum Gasteiger partial charge on any atom is 0.407 e. The molecule has 0 atom stereocenters. The predicted octanol–water partition coefficient (Wildman–Crippen LogP) is 2.10. The molecule has 0 radical (unpaired) electrons. The molecule has 0 bridgehead atoms. The van der Waals surface area contributed by atoms with Gasteiger partial charge in [-0.05, 0) is 20.8 Å². The van der Waals surface area contributed by atoms with Gasteiger partial charge in [0.2, 0.25) is 4.34 Å². The van der Waals surface area contributed by atoms with Crippen LogP contribution in [0.3, 0.4) is 0 Å². The number of ether oxygens (including phenoxy) is 1. The van der Waals surface area contributed by atoms with Crippen LogP contribution in [0.2, 0.25) is 0 Å². The fourth-order valence-electron chi connectivity index (χ4n) is 0.957. The lowest BCUT2D eigenvalue weighted by Crippen LogP contribution is -2.31. The van der Waals surface area contributed by atoms with Gasteiger partial charge >= 0.3 is 6.09 Å². The molecule has 1 rings (SSSR count). The number of alkyl carbamates (subject to hydrolysis) is 1. The second kappa shape index (κ2) is 5.41. The molecule has 0 aliphatic rings. The standard InChI is InChI=1S/C9H13ClN2O4S2/c1-9(2,3)16-7(13)11-4-6-5-12-8(17-6)18(10,14)15/h5H,4H2,1-3H3,(H,11,13). The monoisotopic (exact) mass is 312 g/mol. The van der Waals surface area contributed by atoms with Crippen LogP contribution >= 0.6 is 22.0 Å². The van der Waals surface area contributed by atoms with E-state index in [0.29, 0.717) is 4.88 Å². The lowest BCUT2D eigenvalue weighted by Gasteiger charge is -2.19. The Labute approximate surface area is 114 Å². The lowest BCUT2D eigenvalue weighted by molar-refractivity contribution is 0.0524. The highest BCUT2D eigenvalue weighted by Crippen LogP contribution is 2.21. The fourth-order valence-corrected chi connectivity index (χ4v) is 2.84. The highest BCUT2D eigenvalue weighted by Gasteiger charge is 2.18. The zero-order chi connectivity index (χ0) is 14.0. The quantitative estimate of drug-likeness (QED) is 0.864. The first-order chi connectivity index (χ1) is 8.08. The minimum atomic E-state index is -3.81. The molecule has 0 aliphatic heterocycles. The van der Waals surface area contributed by atoms with Gasteiger partial charge in [-0.1, -0.05) is 0 Å². The third kappa shape index (κ3) is 5.19. The molecule has 9 heteroatoms. The van der Waals surface area contributed by atoms with E-state index in [2.05, 4.69) is 10.3 Å². The van der Waals surface area contributed by atoms with Gasteiger partial charge < -0.3 is 10.1 Å². The number of halogens is 1. The number of rotatable bonds is 3. The number of nitrogens with zero attached hydrogens (tertiary/aromatic N) is 1. The van der Waals surface area contributed by atoms with E-state index in [1.165, 1.54) is 6.20 Å². The van der Waals surface area contributed by atoms with Gasteiger partial charge in [0, 0.05) is 21.8 Å². The second-order valence-corrected chi connectivity index (χ2v) is 8.24. The topological polar surface area (TPSA) is 85.4 Å². The van der Waals surface area contributed by atoms with E-state index < -0.39 is 20.7 Å². The Morgan fingerprint density at radius 3 is 2.61 bits per heavy atom. The van der Waals surface area contributed by atoms with Crippen molar-refractivity contribution in [1.29, 1.82) is 0 Å². The van der Waals surface area contributed by atoms with E-state index >= 15 is 0 Å². The molecule has 0 saturated carbocycles. The zero-order valence-electron chi connectivity index (χ0n) is 10.1. The van der Waals surface area contributed by atoms with Crippen LogP contribution in [0.5, 0.6) is 0 Å². The molecule has 1 aromatic rings. The maximum absolute atomic E-state index is 11.3. The SMILES string of the molecule is CC(C)(C)OC(=O)NCc1cnc(S(=O)(=O)Cl)s1. The largest absolute Gasteiger partial charge is 0.444 e. The number of carbonyl (C=O) groups is 1. The summed E-state index contributed by atoms with van der Waals surface area (Å²) in [5.41, 5.74) is -0.581.